The van der Waals surface area contributed by atoms with Crippen molar-refractivity contribution in [3.8, 4) is 0 Å². The Morgan fingerprint density at radius 1 is 1.29 bits per heavy atom. The molecule has 0 aromatic carbocycles. The summed E-state index contributed by atoms with van der Waals surface area (Å²) < 4.78 is 0. The first-order valence-corrected chi connectivity index (χ1v) is 4.95. The molecule has 0 atom stereocenters. The molecule has 1 N–H and O–H groups in total. The Kier molecular flexibility index (Phi) is 3.13. The van der Waals surface area contributed by atoms with Gasteiger partial charge in [0.15, 0.2) is 0 Å². The zero-order chi connectivity index (χ0) is 10.8. The molecule has 0 bridgehead atoms. The lowest BCUT2D eigenvalue weighted by atomic mass is 9.88. The highest BCUT2D eigenvalue weighted by Gasteiger charge is 2.29. The summed E-state index contributed by atoms with van der Waals surface area (Å²) in [4.78, 5) is 23.2. The monoisotopic (exact) mass is 199 g/mol. The van der Waals surface area contributed by atoms with Crippen molar-refractivity contribution >= 4 is 11.9 Å². The van der Waals surface area contributed by atoms with E-state index in [0.29, 0.717) is 13.1 Å². The normalized spacial score (nSPS) is 21.4. The summed E-state index contributed by atoms with van der Waals surface area (Å²) >= 11 is 0. The van der Waals surface area contributed by atoms with Crippen LogP contribution in [0.3, 0.4) is 0 Å². The molecule has 1 amide bonds. The van der Waals surface area contributed by atoms with E-state index in [-0.39, 0.29) is 5.41 Å². The Bertz CT molecular complexity index is 248. The van der Waals surface area contributed by atoms with Crippen molar-refractivity contribution in [1.82, 2.24) is 4.90 Å². The number of hydrogen-bond acceptors (Lipinski definition) is 2. The summed E-state index contributed by atoms with van der Waals surface area (Å²) in [6, 6.07) is 0. The lowest BCUT2D eigenvalue weighted by Crippen LogP contribution is -2.41. The van der Waals surface area contributed by atoms with Crippen LogP contribution in [-0.4, -0.2) is 35.0 Å². The van der Waals surface area contributed by atoms with Gasteiger partial charge in [0.2, 0.25) is 0 Å². The van der Waals surface area contributed by atoms with Gasteiger partial charge in [-0.1, -0.05) is 20.3 Å². The Balaban J connectivity index is 2.69. The van der Waals surface area contributed by atoms with E-state index in [9.17, 15) is 9.59 Å². The number of likely N-dealkylation sites (tertiary alicyclic amines) is 1. The molecule has 0 aliphatic carbocycles. The molecular formula is C10H17NO3. The van der Waals surface area contributed by atoms with Crippen molar-refractivity contribution in [2.24, 2.45) is 5.41 Å². The van der Waals surface area contributed by atoms with Gasteiger partial charge in [0.05, 0.1) is 0 Å². The van der Waals surface area contributed by atoms with Gasteiger partial charge in [-0.15, -0.1) is 0 Å². The third-order valence-electron chi connectivity index (χ3n) is 2.62. The maximum Gasteiger partial charge on any atom is 0.394 e. The number of hydrogen-bond donors (Lipinski definition) is 1. The molecule has 4 heteroatoms. The Labute approximate surface area is 83.9 Å². The second kappa shape index (κ2) is 3.98. The van der Waals surface area contributed by atoms with Crippen molar-refractivity contribution in [3.05, 3.63) is 0 Å². The third kappa shape index (κ3) is 2.72. The van der Waals surface area contributed by atoms with Gasteiger partial charge in [-0.25, -0.2) is 4.79 Å². The lowest BCUT2D eigenvalue weighted by molar-refractivity contribution is -0.156. The number of carbonyl (C=O) groups is 2. The smallest absolute Gasteiger partial charge is 0.394 e. The van der Waals surface area contributed by atoms with Crippen LogP contribution in [0.5, 0.6) is 0 Å². The lowest BCUT2D eigenvalue weighted by Gasteiger charge is -2.28. The van der Waals surface area contributed by atoms with Crippen LogP contribution in [0.15, 0.2) is 0 Å². The molecule has 1 heterocycles. The van der Waals surface area contributed by atoms with Gasteiger partial charge in [0, 0.05) is 13.1 Å². The molecule has 0 aromatic heterocycles. The van der Waals surface area contributed by atoms with Crippen molar-refractivity contribution in [2.75, 3.05) is 13.1 Å². The minimum absolute atomic E-state index is 0.0433. The molecule has 1 rings (SSSR count). The van der Waals surface area contributed by atoms with Gasteiger partial charge in [0.25, 0.3) is 0 Å². The van der Waals surface area contributed by atoms with Crippen LogP contribution in [-0.2, 0) is 9.59 Å². The van der Waals surface area contributed by atoms with Gasteiger partial charge in [0.1, 0.15) is 0 Å². The molecular weight excluding hydrogens is 182 g/mol. The highest BCUT2D eigenvalue weighted by Crippen LogP contribution is 2.27. The first kappa shape index (κ1) is 11.0. The van der Waals surface area contributed by atoms with E-state index in [0.717, 1.165) is 19.3 Å². The fraction of sp³-hybridized carbons (Fsp3) is 0.800. The SMILES string of the molecule is CC1(C)CCCCN(C(=O)C(=O)O)C1. The molecule has 0 unspecified atom stereocenters. The van der Waals surface area contributed by atoms with E-state index in [1.807, 2.05) is 0 Å². The zero-order valence-corrected chi connectivity index (χ0v) is 8.75. The summed E-state index contributed by atoms with van der Waals surface area (Å²) in [5, 5.41) is 8.61. The van der Waals surface area contributed by atoms with Gasteiger partial charge < -0.3 is 10.0 Å². The van der Waals surface area contributed by atoms with Crippen LogP contribution in [0, 0.1) is 5.41 Å². The second-order valence-corrected chi connectivity index (χ2v) is 4.65. The molecule has 80 valence electrons. The van der Waals surface area contributed by atoms with Crippen LogP contribution >= 0.6 is 0 Å². The van der Waals surface area contributed by atoms with Gasteiger partial charge in [-0.3, -0.25) is 4.79 Å². The zero-order valence-electron chi connectivity index (χ0n) is 8.75. The molecule has 1 aliphatic rings. The maximum absolute atomic E-state index is 11.3. The van der Waals surface area contributed by atoms with Crippen molar-refractivity contribution in [2.45, 2.75) is 33.1 Å². The predicted octanol–water partition coefficient (Wildman–Crippen LogP) is 1.11. The van der Waals surface area contributed by atoms with E-state index in [4.69, 9.17) is 5.11 Å². The Hall–Kier alpha value is -1.06. The van der Waals surface area contributed by atoms with Crippen molar-refractivity contribution in [3.63, 3.8) is 0 Å². The molecule has 0 aromatic rings. The van der Waals surface area contributed by atoms with E-state index in [1.165, 1.54) is 4.90 Å². The number of carboxylic acids is 1. The highest BCUT2D eigenvalue weighted by atomic mass is 16.4. The fourth-order valence-corrected chi connectivity index (χ4v) is 1.89. The summed E-state index contributed by atoms with van der Waals surface area (Å²) in [5.74, 6) is -2.11. The number of nitrogens with zero attached hydrogens (tertiary/aromatic N) is 1. The molecule has 14 heavy (non-hydrogen) atoms. The quantitative estimate of drug-likeness (QED) is 0.594. The molecule has 1 saturated heterocycles. The average Bonchev–Trinajstić information content (AvgIpc) is 2.24. The molecule has 1 aliphatic heterocycles. The fourth-order valence-electron chi connectivity index (χ4n) is 1.89. The second-order valence-electron chi connectivity index (χ2n) is 4.65. The number of rotatable bonds is 0. The maximum atomic E-state index is 11.3. The van der Waals surface area contributed by atoms with Crippen LogP contribution in [0.25, 0.3) is 0 Å². The van der Waals surface area contributed by atoms with Crippen LogP contribution in [0.1, 0.15) is 33.1 Å². The van der Waals surface area contributed by atoms with Crippen molar-refractivity contribution in [1.29, 1.82) is 0 Å². The van der Waals surface area contributed by atoms with Crippen LogP contribution in [0.4, 0.5) is 0 Å². The summed E-state index contributed by atoms with van der Waals surface area (Å²) in [6.45, 7) is 5.27. The number of carbonyl (C=O) groups excluding carboxylic acids is 1. The summed E-state index contributed by atoms with van der Waals surface area (Å²) in [5.41, 5.74) is 0.0433. The molecule has 1 fully saturated rings. The molecule has 0 radical (unpaired) electrons. The first-order chi connectivity index (χ1) is 6.42. The topological polar surface area (TPSA) is 57.6 Å². The third-order valence-corrected chi connectivity index (χ3v) is 2.62. The van der Waals surface area contributed by atoms with Gasteiger partial charge >= 0.3 is 11.9 Å². The minimum atomic E-state index is -1.34. The van der Waals surface area contributed by atoms with Gasteiger partial charge in [-0.2, -0.15) is 0 Å². The standard InChI is InChI=1S/C10H17NO3/c1-10(2)5-3-4-6-11(7-10)8(12)9(13)14/h3-7H2,1-2H3,(H,13,14). The van der Waals surface area contributed by atoms with Gasteiger partial charge in [-0.05, 0) is 18.3 Å². The van der Waals surface area contributed by atoms with E-state index >= 15 is 0 Å². The number of aliphatic carboxylic acids is 1. The summed E-state index contributed by atoms with van der Waals surface area (Å²) in [6.07, 6.45) is 3.02. The predicted molar refractivity (Wildman–Crippen MR) is 51.8 cm³/mol. The van der Waals surface area contributed by atoms with Crippen LogP contribution in [0.2, 0.25) is 0 Å². The van der Waals surface area contributed by atoms with Crippen molar-refractivity contribution < 1.29 is 14.7 Å². The van der Waals surface area contributed by atoms with E-state index in [2.05, 4.69) is 13.8 Å². The summed E-state index contributed by atoms with van der Waals surface area (Å²) in [7, 11) is 0. The average molecular weight is 199 g/mol. The first-order valence-electron chi connectivity index (χ1n) is 4.95. The van der Waals surface area contributed by atoms with E-state index < -0.39 is 11.9 Å². The number of carboxylic acid groups (broad SMARTS) is 1. The number of amides is 1. The highest BCUT2D eigenvalue weighted by molar-refractivity contribution is 6.31. The minimum Gasteiger partial charge on any atom is -0.474 e. The Morgan fingerprint density at radius 3 is 2.50 bits per heavy atom. The van der Waals surface area contributed by atoms with Crippen LogP contribution < -0.4 is 0 Å². The molecule has 4 nitrogen and oxygen atoms in total. The van der Waals surface area contributed by atoms with E-state index in [1.54, 1.807) is 0 Å². The Morgan fingerprint density at radius 2 is 1.93 bits per heavy atom. The largest absolute Gasteiger partial charge is 0.474 e. The molecule has 0 saturated carbocycles. The molecule has 0 spiro atoms.